The summed E-state index contributed by atoms with van der Waals surface area (Å²) in [5.74, 6) is 0.0316. The van der Waals surface area contributed by atoms with Crippen molar-refractivity contribution in [1.29, 1.82) is 0 Å². The molecule has 2 aromatic carbocycles. The molecule has 0 aromatic heterocycles. The molecule has 6 N–H and O–H groups in total. The SMILES string of the molecule is CCOC(=O)Nc1cc(CCNCCCCCCNCCc2ccc(O)c(NC(=O)OCC)c2)ccc1O. The van der Waals surface area contributed by atoms with Gasteiger partial charge in [0.2, 0.25) is 0 Å². The van der Waals surface area contributed by atoms with Crippen LogP contribution in [0.15, 0.2) is 36.4 Å². The van der Waals surface area contributed by atoms with E-state index in [2.05, 4.69) is 21.3 Å². The van der Waals surface area contributed by atoms with Gasteiger partial charge in [-0.2, -0.15) is 0 Å². The van der Waals surface area contributed by atoms with Crippen LogP contribution in [0.5, 0.6) is 11.5 Å². The molecule has 0 aliphatic rings. The van der Waals surface area contributed by atoms with Crippen molar-refractivity contribution in [2.75, 3.05) is 50.0 Å². The van der Waals surface area contributed by atoms with E-state index in [4.69, 9.17) is 9.47 Å². The first-order valence-electron chi connectivity index (χ1n) is 13.4. The average molecular weight is 531 g/mol. The smallest absolute Gasteiger partial charge is 0.411 e. The van der Waals surface area contributed by atoms with Gasteiger partial charge in [0.25, 0.3) is 0 Å². The van der Waals surface area contributed by atoms with Gasteiger partial charge in [0.15, 0.2) is 0 Å². The number of rotatable bonds is 17. The van der Waals surface area contributed by atoms with Crippen molar-refractivity contribution in [3.8, 4) is 11.5 Å². The third kappa shape index (κ3) is 12.2. The lowest BCUT2D eigenvalue weighted by molar-refractivity contribution is 0.167. The summed E-state index contributed by atoms with van der Waals surface area (Å²) >= 11 is 0. The highest BCUT2D eigenvalue weighted by atomic mass is 16.6. The summed E-state index contributed by atoms with van der Waals surface area (Å²) < 4.78 is 9.71. The van der Waals surface area contributed by atoms with E-state index < -0.39 is 12.2 Å². The molecule has 0 atom stereocenters. The second kappa shape index (κ2) is 17.9. The summed E-state index contributed by atoms with van der Waals surface area (Å²) in [6.45, 7) is 7.53. The highest BCUT2D eigenvalue weighted by Crippen LogP contribution is 2.25. The summed E-state index contributed by atoms with van der Waals surface area (Å²) in [4.78, 5) is 23.2. The minimum absolute atomic E-state index is 0.0158. The molecular weight excluding hydrogens is 488 g/mol. The predicted molar refractivity (Wildman–Crippen MR) is 149 cm³/mol. The standard InChI is InChI=1S/C28H42N4O6/c1-3-37-27(35)31-23-19-21(9-11-25(23)33)13-17-29-15-7-5-6-8-16-30-18-14-22-10-12-26(34)24(20-22)32-28(36)38-4-2/h9-12,19-20,29-30,33-34H,3-8,13-18H2,1-2H3,(H,31,35)(H,32,36). The van der Waals surface area contributed by atoms with Crippen LogP contribution in [-0.2, 0) is 22.3 Å². The lowest BCUT2D eigenvalue weighted by atomic mass is 10.1. The van der Waals surface area contributed by atoms with Crippen molar-refractivity contribution in [2.45, 2.75) is 52.4 Å². The number of amides is 2. The van der Waals surface area contributed by atoms with Crippen molar-refractivity contribution in [1.82, 2.24) is 10.6 Å². The van der Waals surface area contributed by atoms with Gasteiger partial charge in [-0.05, 0) is 101 Å². The van der Waals surface area contributed by atoms with Gasteiger partial charge in [0.05, 0.1) is 24.6 Å². The number of nitrogens with one attached hydrogen (secondary N) is 4. The highest BCUT2D eigenvalue weighted by molar-refractivity contribution is 5.87. The van der Waals surface area contributed by atoms with Crippen LogP contribution in [0.1, 0.15) is 50.7 Å². The van der Waals surface area contributed by atoms with Gasteiger partial charge >= 0.3 is 12.2 Å². The number of benzene rings is 2. The molecule has 0 unspecified atom stereocenters. The predicted octanol–water partition coefficient (Wildman–Crippen LogP) is 4.76. The summed E-state index contributed by atoms with van der Waals surface area (Å²) in [5, 5.41) is 31.8. The van der Waals surface area contributed by atoms with Gasteiger partial charge in [-0.3, -0.25) is 10.6 Å². The summed E-state index contributed by atoms with van der Waals surface area (Å²) in [5.41, 5.74) is 2.75. The fourth-order valence-electron chi connectivity index (χ4n) is 3.80. The largest absolute Gasteiger partial charge is 0.506 e. The van der Waals surface area contributed by atoms with E-state index >= 15 is 0 Å². The van der Waals surface area contributed by atoms with E-state index in [0.717, 1.165) is 75.8 Å². The molecule has 2 rings (SSSR count). The van der Waals surface area contributed by atoms with Gasteiger partial charge in [-0.25, -0.2) is 9.59 Å². The fourth-order valence-corrected chi connectivity index (χ4v) is 3.80. The van der Waals surface area contributed by atoms with Crippen LogP contribution in [0.2, 0.25) is 0 Å². The zero-order valence-corrected chi connectivity index (χ0v) is 22.5. The van der Waals surface area contributed by atoms with E-state index in [1.807, 2.05) is 12.1 Å². The van der Waals surface area contributed by atoms with Crippen LogP contribution in [0.25, 0.3) is 0 Å². The number of carbonyl (C=O) groups is 2. The zero-order valence-electron chi connectivity index (χ0n) is 22.5. The zero-order chi connectivity index (χ0) is 27.6. The third-order valence-corrected chi connectivity index (χ3v) is 5.78. The monoisotopic (exact) mass is 530 g/mol. The molecule has 0 radical (unpaired) electrons. The quantitative estimate of drug-likeness (QED) is 0.127. The van der Waals surface area contributed by atoms with Gasteiger partial charge < -0.3 is 30.3 Å². The van der Waals surface area contributed by atoms with Crippen molar-refractivity contribution in [3.63, 3.8) is 0 Å². The van der Waals surface area contributed by atoms with Crippen molar-refractivity contribution >= 4 is 23.6 Å². The number of carbonyl (C=O) groups excluding carboxylic acids is 2. The van der Waals surface area contributed by atoms with E-state index in [1.54, 1.807) is 38.1 Å². The summed E-state index contributed by atoms with van der Waals surface area (Å²) in [6.07, 6.45) is 4.95. The highest BCUT2D eigenvalue weighted by Gasteiger charge is 2.09. The van der Waals surface area contributed by atoms with E-state index in [1.165, 1.54) is 0 Å². The van der Waals surface area contributed by atoms with Gasteiger partial charge in [-0.1, -0.05) is 25.0 Å². The van der Waals surface area contributed by atoms with Crippen LogP contribution in [0.4, 0.5) is 21.0 Å². The summed E-state index contributed by atoms with van der Waals surface area (Å²) in [6, 6.07) is 10.4. The Morgan fingerprint density at radius 2 is 1.08 bits per heavy atom. The van der Waals surface area contributed by atoms with Crippen LogP contribution in [-0.4, -0.2) is 61.8 Å². The molecule has 0 spiro atoms. The molecule has 0 saturated heterocycles. The van der Waals surface area contributed by atoms with Crippen LogP contribution >= 0.6 is 0 Å². The van der Waals surface area contributed by atoms with Crippen molar-refractivity contribution < 1.29 is 29.3 Å². The van der Waals surface area contributed by atoms with E-state index in [-0.39, 0.29) is 24.7 Å². The first kappa shape index (κ1) is 30.7. The molecule has 0 aliphatic carbocycles. The number of anilines is 2. The fraction of sp³-hybridized carbons (Fsp3) is 0.500. The molecule has 210 valence electrons. The van der Waals surface area contributed by atoms with Gasteiger partial charge in [0, 0.05) is 0 Å². The Bertz CT molecular complexity index is 922. The van der Waals surface area contributed by atoms with Gasteiger partial charge in [-0.15, -0.1) is 0 Å². The molecule has 10 nitrogen and oxygen atoms in total. The molecule has 2 aromatic rings. The maximum Gasteiger partial charge on any atom is 0.411 e. The van der Waals surface area contributed by atoms with Crippen LogP contribution in [0.3, 0.4) is 0 Å². The number of aromatic hydroxyl groups is 2. The Morgan fingerprint density at radius 3 is 1.47 bits per heavy atom. The molecule has 0 aliphatic heterocycles. The molecule has 38 heavy (non-hydrogen) atoms. The number of phenolic OH excluding ortho intramolecular Hbond substituents is 2. The number of hydrogen-bond donors (Lipinski definition) is 6. The maximum absolute atomic E-state index is 11.6. The molecule has 10 heteroatoms. The Balaban J connectivity index is 1.50. The molecule has 0 fully saturated rings. The lowest BCUT2D eigenvalue weighted by Crippen LogP contribution is -2.20. The summed E-state index contributed by atoms with van der Waals surface area (Å²) in [7, 11) is 0. The number of hydrogen-bond acceptors (Lipinski definition) is 8. The average Bonchev–Trinajstić information content (AvgIpc) is 2.88. The molecular formula is C28H42N4O6. The normalized spacial score (nSPS) is 10.7. The Kier molecular flexibility index (Phi) is 14.4. The van der Waals surface area contributed by atoms with Crippen molar-refractivity contribution in [3.05, 3.63) is 47.5 Å². The third-order valence-electron chi connectivity index (χ3n) is 5.78. The Labute approximate surface area is 225 Å². The minimum Gasteiger partial charge on any atom is -0.506 e. The number of ether oxygens (including phenoxy) is 2. The van der Waals surface area contributed by atoms with E-state index in [9.17, 15) is 19.8 Å². The second-order valence-electron chi connectivity index (χ2n) is 8.81. The number of phenols is 2. The Morgan fingerprint density at radius 1 is 0.658 bits per heavy atom. The molecule has 2 amide bonds. The lowest BCUT2D eigenvalue weighted by Gasteiger charge is -2.10. The Hall–Kier alpha value is -3.50. The van der Waals surface area contributed by atoms with Crippen LogP contribution < -0.4 is 21.3 Å². The minimum atomic E-state index is -0.579. The first-order valence-corrected chi connectivity index (χ1v) is 13.4. The van der Waals surface area contributed by atoms with Crippen LogP contribution in [0, 0.1) is 0 Å². The molecule has 0 saturated carbocycles. The first-order chi connectivity index (χ1) is 18.4. The van der Waals surface area contributed by atoms with Gasteiger partial charge in [0.1, 0.15) is 11.5 Å². The topological polar surface area (TPSA) is 141 Å². The van der Waals surface area contributed by atoms with Crippen molar-refractivity contribution in [2.24, 2.45) is 0 Å². The number of unbranched alkanes of at least 4 members (excludes halogenated alkanes) is 3. The van der Waals surface area contributed by atoms with E-state index in [0.29, 0.717) is 11.4 Å². The maximum atomic E-state index is 11.6. The molecule has 0 heterocycles. The second-order valence-corrected chi connectivity index (χ2v) is 8.81. The molecule has 0 bridgehead atoms.